The van der Waals surface area contributed by atoms with Crippen LogP contribution in [0.3, 0.4) is 0 Å². The zero-order valence-electron chi connectivity index (χ0n) is 11.2. The predicted octanol–water partition coefficient (Wildman–Crippen LogP) is 2.06. The number of hydrogen-bond acceptors (Lipinski definition) is 1. The first kappa shape index (κ1) is 12.7. The van der Waals surface area contributed by atoms with Crippen LogP contribution in [0.25, 0.3) is 0 Å². The lowest BCUT2D eigenvalue weighted by Gasteiger charge is -2.12. The summed E-state index contributed by atoms with van der Waals surface area (Å²) in [7, 11) is 6.01. The molecule has 0 aliphatic carbocycles. The largest absolute Gasteiger partial charge is 0.497 e. The predicted molar refractivity (Wildman–Crippen MR) is 74.7 cm³/mol. The maximum absolute atomic E-state index is 5.18. The molecule has 2 heteroatoms. The zero-order valence-corrected chi connectivity index (χ0v) is 11.2. The number of ether oxygens (including phenoxy) is 1. The summed E-state index contributed by atoms with van der Waals surface area (Å²) >= 11 is 0. The summed E-state index contributed by atoms with van der Waals surface area (Å²) in [5.74, 6) is 0.908. The molecule has 0 fully saturated rings. The topological polar surface area (TPSA) is 13.7 Å². The van der Waals surface area contributed by atoms with Crippen LogP contribution in [-0.2, 0) is 6.42 Å². The molecule has 0 heterocycles. The molecule has 1 N–H and O–H groups in total. The van der Waals surface area contributed by atoms with Crippen molar-refractivity contribution in [3.8, 4) is 5.75 Å². The van der Waals surface area contributed by atoms with E-state index in [0.717, 1.165) is 12.2 Å². The molecule has 2 aromatic rings. The molecule has 0 aromatic heterocycles. The molecule has 0 atom stereocenters. The highest BCUT2D eigenvalue weighted by molar-refractivity contribution is 5.43. The van der Waals surface area contributed by atoms with Crippen molar-refractivity contribution in [3.05, 3.63) is 59.7 Å². The molecular weight excluding hydrogens is 222 g/mol. The first-order valence-corrected chi connectivity index (χ1v) is 6.22. The number of rotatable bonds is 4. The van der Waals surface area contributed by atoms with Crippen molar-refractivity contribution in [3.63, 3.8) is 0 Å². The highest BCUT2D eigenvalue weighted by Crippen LogP contribution is 2.18. The first-order valence-electron chi connectivity index (χ1n) is 6.22. The lowest BCUT2D eigenvalue weighted by Crippen LogP contribution is -3.00. The van der Waals surface area contributed by atoms with Crippen molar-refractivity contribution in [1.29, 1.82) is 0 Å². The van der Waals surface area contributed by atoms with Crippen LogP contribution < -0.4 is 9.64 Å². The van der Waals surface area contributed by atoms with E-state index >= 15 is 0 Å². The first-order chi connectivity index (χ1) is 8.70. The quantitative estimate of drug-likeness (QED) is 0.866. The van der Waals surface area contributed by atoms with Gasteiger partial charge in [0.15, 0.2) is 0 Å². The molecule has 0 bridgehead atoms. The minimum atomic E-state index is 0.908. The van der Waals surface area contributed by atoms with Gasteiger partial charge < -0.3 is 9.64 Å². The van der Waals surface area contributed by atoms with Gasteiger partial charge in [0, 0.05) is 12.0 Å². The van der Waals surface area contributed by atoms with E-state index < -0.39 is 0 Å². The number of methoxy groups -OCH3 is 1. The summed E-state index contributed by atoms with van der Waals surface area (Å²) in [6, 6.07) is 16.9. The van der Waals surface area contributed by atoms with Gasteiger partial charge in [-0.2, -0.15) is 0 Å². The van der Waals surface area contributed by atoms with E-state index in [9.17, 15) is 0 Å². The van der Waals surface area contributed by atoms with Gasteiger partial charge in [0.2, 0.25) is 0 Å². The molecule has 0 unspecified atom stereocenters. The van der Waals surface area contributed by atoms with Crippen molar-refractivity contribution in [2.24, 2.45) is 0 Å². The monoisotopic (exact) mass is 242 g/mol. The van der Waals surface area contributed by atoms with Crippen LogP contribution >= 0.6 is 0 Å². The second kappa shape index (κ2) is 5.69. The van der Waals surface area contributed by atoms with E-state index in [2.05, 4.69) is 50.5 Å². The second-order valence-electron chi connectivity index (χ2n) is 4.68. The minimum absolute atomic E-state index is 0.908. The Morgan fingerprint density at radius 1 is 0.944 bits per heavy atom. The Bertz CT molecular complexity index is 503. The maximum Gasteiger partial charge on any atom is 0.134 e. The summed E-state index contributed by atoms with van der Waals surface area (Å²) < 4.78 is 5.18. The Morgan fingerprint density at radius 2 is 1.61 bits per heavy atom. The van der Waals surface area contributed by atoms with Crippen LogP contribution in [0.15, 0.2) is 48.5 Å². The average molecular weight is 242 g/mol. The smallest absolute Gasteiger partial charge is 0.134 e. The number of benzene rings is 2. The molecule has 0 radical (unpaired) electrons. The Labute approximate surface area is 109 Å². The summed E-state index contributed by atoms with van der Waals surface area (Å²) in [5, 5.41) is 0. The molecule has 0 amide bonds. The lowest BCUT2D eigenvalue weighted by atomic mass is 10.0. The normalized spacial score (nSPS) is 10.7. The van der Waals surface area contributed by atoms with Crippen molar-refractivity contribution >= 4 is 5.69 Å². The van der Waals surface area contributed by atoms with Crippen LogP contribution in [0.4, 0.5) is 5.69 Å². The molecule has 0 saturated carbocycles. The highest BCUT2D eigenvalue weighted by atomic mass is 16.5. The van der Waals surface area contributed by atoms with Gasteiger partial charge in [0.1, 0.15) is 11.4 Å². The molecular formula is C16H20NO+. The van der Waals surface area contributed by atoms with E-state index in [1.165, 1.54) is 21.7 Å². The van der Waals surface area contributed by atoms with Crippen LogP contribution in [0, 0.1) is 0 Å². The van der Waals surface area contributed by atoms with Crippen LogP contribution in [0.1, 0.15) is 11.1 Å². The number of hydrogen-bond donors (Lipinski definition) is 1. The zero-order chi connectivity index (χ0) is 13.0. The van der Waals surface area contributed by atoms with Gasteiger partial charge in [-0.05, 0) is 23.8 Å². The van der Waals surface area contributed by atoms with Gasteiger partial charge in [-0.3, -0.25) is 0 Å². The average Bonchev–Trinajstić information content (AvgIpc) is 2.40. The Hall–Kier alpha value is -1.80. The fourth-order valence-corrected chi connectivity index (χ4v) is 2.13. The molecule has 0 aliphatic heterocycles. The van der Waals surface area contributed by atoms with E-state index in [4.69, 9.17) is 4.74 Å². The van der Waals surface area contributed by atoms with Gasteiger partial charge >= 0.3 is 0 Å². The molecule has 0 saturated heterocycles. The SMILES string of the molecule is COc1ccc(Cc2ccccc2[NH+](C)C)cc1. The molecule has 2 nitrogen and oxygen atoms in total. The fraction of sp³-hybridized carbons (Fsp3) is 0.250. The maximum atomic E-state index is 5.18. The standard InChI is InChI=1S/C16H19NO/c1-17(2)16-7-5-4-6-14(16)12-13-8-10-15(18-3)11-9-13/h4-11H,12H2,1-3H3/p+1. The van der Waals surface area contributed by atoms with Crippen molar-refractivity contribution < 1.29 is 9.64 Å². The fourth-order valence-electron chi connectivity index (χ4n) is 2.13. The van der Waals surface area contributed by atoms with Crippen LogP contribution in [0.2, 0.25) is 0 Å². The van der Waals surface area contributed by atoms with E-state index in [0.29, 0.717) is 0 Å². The molecule has 0 aliphatic rings. The lowest BCUT2D eigenvalue weighted by molar-refractivity contribution is -0.786. The van der Waals surface area contributed by atoms with Gasteiger partial charge in [-0.25, -0.2) is 0 Å². The van der Waals surface area contributed by atoms with Crippen LogP contribution in [-0.4, -0.2) is 21.2 Å². The van der Waals surface area contributed by atoms with Gasteiger partial charge in [-0.1, -0.05) is 30.3 Å². The van der Waals surface area contributed by atoms with Crippen molar-refractivity contribution in [1.82, 2.24) is 0 Å². The third-order valence-electron chi connectivity index (χ3n) is 3.11. The second-order valence-corrected chi connectivity index (χ2v) is 4.68. The van der Waals surface area contributed by atoms with Crippen molar-refractivity contribution in [2.75, 3.05) is 21.2 Å². The van der Waals surface area contributed by atoms with E-state index in [1.54, 1.807) is 7.11 Å². The van der Waals surface area contributed by atoms with Crippen molar-refractivity contribution in [2.45, 2.75) is 6.42 Å². The van der Waals surface area contributed by atoms with E-state index in [1.807, 2.05) is 12.1 Å². The molecule has 18 heavy (non-hydrogen) atoms. The molecule has 94 valence electrons. The molecule has 0 spiro atoms. The third-order valence-corrected chi connectivity index (χ3v) is 3.11. The third kappa shape index (κ3) is 2.90. The number of para-hydroxylation sites is 1. The van der Waals surface area contributed by atoms with Gasteiger partial charge in [0.25, 0.3) is 0 Å². The van der Waals surface area contributed by atoms with Gasteiger partial charge in [0.05, 0.1) is 21.2 Å². The summed E-state index contributed by atoms with van der Waals surface area (Å²) in [6.45, 7) is 0. The Morgan fingerprint density at radius 3 is 2.22 bits per heavy atom. The molecule has 2 rings (SSSR count). The Balaban J connectivity index is 2.22. The number of quaternary nitrogens is 1. The summed E-state index contributed by atoms with van der Waals surface area (Å²) in [5.41, 5.74) is 4.04. The summed E-state index contributed by atoms with van der Waals surface area (Å²) in [6.07, 6.45) is 0.964. The molecule has 2 aromatic carbocycles. The number of nitrogens with one attached hydrogen (secondary N) is 1. The minimum Gasteiger partial charge on any atom is -0.497 e. The summed E-state index contributed by atoms with van der Waals surface area (Å²) in [4.78, 5) is 1.36. The Kier molecular flexibility index (Phi) is 4.00. The highest BCUT2D eigenvalue weighted by Gasteiger charge is 2.08. The van der Waals surface area contributed by atoms with Gasteiger partial charge in [-0.15, -0.1) is 0 Å². The van der Waals surface area contributed by atoms with E-state index in [-0.39, 0.29) is 0 Å². The van der Waals surface area contributed by atoms with Crippen LogP contribution in [0.5, 0.6) is 5.75 Å².